The number of rotatable bonds is 5. The van der Waals surface area contributed by atoms with E-state index in [9.17, 15) is 4.79 Å². The van der Waals surface area contributed by atoms with E-state index in [1.165, 1.54) is 10.6 Å². The molecule has 0 spiro atoms. The van der Waals surface area contributed by atoms with Crippen LogP contribution in [0.3, 0.4) is 0 Å². The fourth-order valence-corrected chi connectivity index (χ4v) is 4.52. The van der Waals surface area contributed by atoms with E-state index in [1.54, 1.807) is 11.3 Å². The first-order chi connectivity index (χ1) is 12.8. The molecule has 2 aromatic rings. The predicted molar refractivity (Wildman–Crippen MR) is 105 cm³/mol. The number of likely N-dealkylation sites (tertiary alicyclic amines) is 1. The molecule has 0 saturated carbocycles. The molecule has 6 heteroatoms. The molecular weight excluding hydrogens is 344 g/mol. The van der Waals surface area contributed by atoms with E-state index in [2.05, 4.69) is 39.4 Å². The van der Waals surface area contributed by atoms with Crippen molar-refractivity contribution in [2.24, 2.45) is 0 Å². The van der Waals surface area contributed by atoms with Crippen molar-refractivity contribution in [1.82, 2.24) is 19.7 Å². The molecule has 3 heterocycles. The maximum absolute atomic E-state index is 12.3. The molecule has 0 unspecified atom stereocenters. The normalized spacial score (nSPS) is 19.2. The number of aromatic nitrogens is 1. The second kappa shape index (κ2) is 8.29. The van der Waals surface area contributed by atoms with Gasteiger partial charge in [0.25, 0.3) is 0 Å². The van der Waals surface area contributed by atoms with Gasteiger partial charge in [-0.2, -0.15) is 0 Å². The van der Waals surface area contributed by atoms with Gasteiger partial charge >= 0.3 is 0 Å². The molecule has 1 aromatic heterocycles. The van der Waals surface area contributed by atoms with Crippen molar-refractivity contribution >= 4 is 17.2 Å². The first-order valence-corrected chi connectivity index (χ1v) is 10.4. The third kappa shape index (κ3) is 4.31. The van der Waals surface area contributed by atoms with E-state index < -0.39 is 0 Å². The van der Waals surface area contributed by atoms with Crippen molar-refractivity contribution in [2.75, 3.05) is 45.8 Å². The molecule has 2 aliphatic rings. The quantitative estimate of drug-likeness (QED) is 0.811. The summed E-state index contributed by atoms with van der Waals surface area (Å²) in [5.74, 6) is 0.309. The zero-order valence-electron chi connectivity index (χ0n) is 15.1. The van der Waals surface area contributed by atoms with Crippen molar-refractivity contribution in [3.05, 3.63) is 40.7 Å². The summed E-state index contributed by atoms with van der Waals surface area (Å²) in [6, 6.07) is 10.3. The van der Waals surface area contributed by atoms with E-state index in [0.29, 0.717) is 12.5 Å². The Kier molecular flexibility index (Phi) is 5.62. The molecule has 0 aliphatic carbocycles. The Morgan fingerprint density at radius 1 is 0.962 bits per heavy atom. The van der Waals surface area contributed by atoms with Gasteiger partial charge in [0.1, 0.15) is 5.01 Å². The van der Waals surface area contributed by atoms with Crippen LogP contribution in [0.1, 0.15) is 17.8 Å². The van der Waals surface area contributed by atoms with Gasteiger partial charge in [-0.25, -0.2) is 4.98 Å². The molecule has 1 aromatic carbocycles. The molecule has 1 amide bonds. The van der Waals surface area contributed by atoms with Gasteiger partial charge in [0.15, 0.2) is 0 Å². The minimum atomic E-state index is 0.309. The van der Waals surface area contributed by atoms with E-state index in [0.717, 1.165) is 64.3 Å². The molecule has 0 bridgehead atoms. The van der Waals surface area contributed by atoms with E-state index in [-0.39, 0.29) is 0 Å². The van der Waals surface area contributed by atoms with E-state index in [4.69, 9.17) is 4.98 Å². The lowest BCUT2D eigenvalue weighted by Gasteiger charge is -2.34. The molecule has 26 heavy (non-hydrogen) atoms. The standard InChI is InChI=1S/C20H26N4OS/c25-20(24-8-4-5-9-24)15-23-12-10-22(11-13-23)14-19-21-18(16-26-19)17-6-2-1-3-7-17/h1-3,6-7,16H,4-5,8-15H2. The number of hydrogen-bond acceptors (Lipinski definition) is 5. The predicted octanol–water partition coefficient (Wildman–Crippen LogP) is 2.55. The first kappa shape index (κ1) is 17.6. The molecular formula is C20H26N4OS. The van der Waals surface area contributed by atoms with Gasteiger partial charge in [-0.05, 0) is 12.8 Å². The van der Waals surface area contributed by atoms with Gasteiger partial charge < -0.3 is 4.90 Å². The topological polar surface area (TPSA) is 39.7 Å². The highest BCUT2D eigenvalue weighted by atomic mass is 32.1. The van der Waals surface area contributed by atoms with Crippen molar-refractivity contribution in [2.45, 2.75) is 19.4 Å². The fraction of sp³-hybridized carbons (Fsp3) is 0.500. The highest BCUT2D eigenvalue weighted by Crippen LogP contribution is 2.22. The number of carbonyl (C=O) groups excluding carboxylic acids is 1. The van der Waals surface area contributed by atoms with Crippen LogP contribution in [0.2, 0.25) is 0 Å². The lowest BCUT2D eigenvalue weighted by molar-refractivity contribution is -0.131. The van der Waals surface area contributed by atoms with Gasteiger partial charge in [-0.15, -0.1) is 11.3 Å². The zero-order valence-corrected chi connectivity index (χ0v) is 16.0. The first-order valence-electron chi connectivity index (χ1n) is 9.50. The van der Waals surface area contributed by atoms with Gasteiger partial charge in [0.05, 0.1) is 18.8 Å². The fourth-order valence-electron chi connectivity index (χ4n) is 3.68. The largest absolute Gasteiger partial charge is 0.342 e. The second-order valence-electron chi connectivity index (χ2n) is 7.13. The number of carbonyl (C=O) groups is 1. The summed E-state index contributed by atoms with van der Waals surface area (Å²) in [7, 11) is 0. The Labute approximate surface area is 159 Å². The molecule has 2 saturated heterocycles. The van der Waals surface area contributed by atoms with Crippen LogP contribution in [0.5, 0.6) is 0 Å². The summed E-state index contributed by atoms with van der Waals surface area (Å²) in [5, 5.41) is 3.32. The van der Waals surface area contributed by atoms with Gasteiger partial charge in [-0.3, -0.25) is 14.6 Å². The lowest BCUT2D eigenvalue weighted by atomic mass is 10.2. The maximum Gasteiger partial charge on any atom is 0.236 e. The van der Waals surface area contributed by atoms with Crippen molar-refractivity contribution in [3.63, 3.8) is 0 Å². The van der Waals surface area contributed by atoms with Gasteiger partial charge in [0, 0.05) is 50.2 Å². The smallest absolute Gasteiger partial charge is 0.236 e. The van der Waals surface area contributed by atoms with Crippen LogP contribution in [0.15, 0.2) is 35.7 Å². The molecule has 0 atom stereocenters. The van der Waals surface area contributed by atoms with Crippen LogP contribution < -0.4 is 0 Å². The summed E-state index contributed by atoms with van der Waals surface area (Å²) in [6.45, 7) is 7.35. The number of piperazine rings is 1. The molecule has 2 fully saturated rings. The number of amides is 1. The molecule has 0 N–H and O–H groups in total. The van der Waals surface area contributed by atoms with Crippen LogP contribution >= 0.6 is 11.3 Å². The van der Waals surface area contributed by atoms with Gasteiger partial charge in [-0.1, -0.05) is 30.3 Å². The van der Waals surface area contributed by atoms with E-state index >= 15 is 0 Å². The average Bonchev–Trinajstić information content (AvgIpc) is 3.36. The SMILES string of the molecule is O=C(CN1CCN(Cc2nc(-c3ccccc3)cs2)CC1)N1CCCC1. The maximum atomic E-state index is 12.3. The Morgan fingerprint density at radius 2 is 1.65 bits per heavy atom. The second-order valence-corrected chi connectivity index (χ2v) is 8.08. The zero-order chi connectivity index (χ0) is 17.8. The Bertz CT molecular complexity index is 718. The lowest BCUT2D eigenvalue weighted by Crippen LogP contribution is -2.49. The number of thiazole rings is 1. The average molecular weight is 371 g/mol. The molecule has 138 valence electrons. The summed E-state index contributed by atoms with van der Waals surface area (Å²) in [5.41, 5.74) is 2.25. The van der Waals surface area contributed by atoms with Crippen LogP contribution in [-0.4, -0.2) is 71.4 Å². The Hall–Kier alpha value is -1.76. The number of nitrogens with zero attached hydrogens (tertiary/aromatic N) is 4. The Balaban J connectivity index is 1.25. The monoisotopic (exact) mass is 370 g/mol. The van der Waals surface area contributed by atoms with Crippen molar-refractivity contribution < 1.29 is 4.79 Å². The summed E-state index contributed by atoms with van der Waals surface area (Å²) in [6.07, 6.45) is 2.33. The Morgan fingerprint density at radius 3 is 2.38 bits per heavy atom. The number of benzene rings is 1. The summed E-state index contributed by atoms with van der Waals surface area (Å²) in [4.78, 5) is 23.9. The summed E-state index contributed by atoms with van der Waals surface area (Å²) >= 11 is 1.74. The highest BCUT2D eigenvalue weighted by molar-refractivity contribution is 7.09. The molecule has 0 radical (unpaired) electrons. The van der Waals surface area contributed by atoms with Gasteiger partial charge in [0.2, 0.25) is 5.91 Å². The molecule has 2 aliphatic heterocycles. The third-order valence-electron chi connectivity index (χ3n) is 5.26. The van der Waals surface area contributed by atoms with Crippen LogP contribution in [0.4, 0.5) is 0 Å². The van der Waals surface area contributed by atoms with E-state index in [1.807, 2.05) is 11.0 Å². The summed E-state index contributed by atoms with van der Waals surface area (Å²) < 4.78 is 0. The van der Waals surface area contributed by atoms with Crippen molar-refractivity contribution in [3.8, 4) is 11.3 Å². The highest BCUT2D eigenvalue weighted by Gasteiger charge is 2.23. The van der Waals surface area contributed by atoms with Crippen LogP contribution in [-0.2, 0) is 11.3 Å². The third-order valence-corrected chi connectivity index (χ3v) is 6.10. The minimum Gasteiger partial charge on any atom is -0.342 e. The van der Waals surface area contributed by atoms with Crippen LogP contribution in [0.25, 0.3) is 11.3 Å². The van der Waals surface area contributed by atoms with Crippen LogP contribution in [0, 0.1) is 0 Å². The van der Waals surface area contributed by atoms with Crippen molar-refractivity contribution in [1.29, 1.82) is 0 Å². The number of hydrogen-bond donors (Lipinski definition) is 0. The molecule has 4 rings (SSSR count). The molecule has 5 nitrogen and oxygen atoms in total. The minimum absolute atomic E-state index is 0.309.